The molecule has 0 saturated carbocycles. The van der Waals surface area contributed by atoms with E-state index in [9.17, 15) is 4.39 Å². The highest BCUT2D eigenvalue weighted by Gasteiger charge is 2.01. The zero-order valence-electron chi connectivity index (χ0n) is 6.66. The molecule has 3 nitrogen and oxygen atoms in total. The molecule has 12 heavy (non-hydrogen) atoms. The lowest BCUT2D eigenvalue weighted by molar-refractivity contribution is 0.285. The van der Waals surface area contributed by atoms with E-state index < -0.39 is 5.82 Å². The van der Waals surface area contributed by atoms with E-state index >= 15 is 0 Å². The summed E-state index contributed by atoms with van der Waals surface area (Å²) in [5.74, 6) is -0.388. The van der Waals surface area contributed by atoms with Crippen LogP contribution in [0.4, 0.5) is 4.39 Å². The van der Waals surface area contributed by atoms with Crippen LogP contribution in [0.1, 0.15) is 6.42 Å². The summed E-state index contributed by atoms with van der Waals surface area (Å²) >= 11 is 0. The van der Waals surface area contributed by atoms with Gasteiger partial charge in [-0.1, -0.05) is 0 Å². The van der Waals surface area contributed by atoms with Gasteiger partial charge >= 0.3 is 0 Å². The zero-order chi connectivity index (χ0) is 8.81. The molecule has 1 heterocycles. The standard InChI is InChI=1S/C8H11FN2O/c9-7-3-1-5-11-8(7)12-6-2-4-10/h1,3,5H,2,4,6,10H2. The number of hydrogen-bond acceptors (Lipinski definition) is 3. The van der Waals surface area contributed by atoms with Gasteiger partial charge in [-0.05, 0) is 25.1 Å². The summed E-state index contributed by atoms with van der Waals surface area (Å²) in [5.41, 5.74) is 5.24. The fourth-order valence-corrected chi connectivity index (χ4v) is 0.730. The molecule has 0 radical (unpaired) electrons. The van der Waals surface area contributed by atoms with Gasteiger partial charge in [0.1, 0.15) is 0 Å². The lowest BCUT2D eigenvalue weighted by atomic mass is 10.4. The predicted octanol–water partition coefficient (Wildman–Crippen LogP) is 0.948. The third-order valence-electron chi connectivity index (χ3n) is 1.31. The Labute approximate surface area is 70.4 Å². The topological polar surface area (TPSA) is 48.1 Å². The van der Waals surface area contributed by atoms with Crippen molar-refractivity contribution >= 4 is 0 Å². The van der Waals surface area contributed by atoms with Gasteiger partial charge in [0.05, 0.1) is 6.61 Å². The zero-order valence-corrected chi connectivity index (χ0v) is 6.66. The van der Waals surface area contributed by atoms with Crippen LogP contribution in [0.25, 0.3) is 0 Å². The minimum atomic E-state index is -0.436. The molecule has 4 heteroatoms. The molecule has 0 amide bonds. The number of nitrogens with two attached hydrogens (primary N) is 1. The van der Waals surface area contributed by atoms with Gasteiger partial charge in [-0.3, -0.25) is 0 Å². The van der Waals surface area contributed by atoms with Crippen molar-refractivity contribution in [2.24, 2.45) is 5.73 Å². The van der Waals surface area contributed by atoms with Crippen molar-refractivity contribution in [3.8, 4) is 5.88 Å². The van der Waals surface area contributed by atoms with E-state index in [1.54, 1.807) is 0 Å². The van der Waals surface area contributed by atoms with Crippen LogP contribution in [0.3, 0.4) is 0 Å². The maximum Gasteiger partial charge on any atom is 0.250 e. The summed E-state index contributed by atoms with van der Waals surface area (Å²) in [6.45, 7) is 0.943. The molecule has 0 atom stereocenters. The smallest absolute Gasteiger partial charge is 0.250 e. The Hall–Kier alpha value is -1.16. The number of pyridine rings is 1. The molecule has 0 aliphatic carbocycles. The third-order valence-corrected chi connectivity index (χ3v) is 1.31. The number of nitrogens with zero attached hydrogens (tertiary/aromatic N) is 1. The van der Waals surface area contributed by atoms with Crippen LogP contribution in [0, 0.1) is 5.82 Å². The first-order chi connectivity index (χ1) is 5.84. The number of ether oxygens (including phenoxy) is 1. The van der Waals surface area contributed by atoms with Crippen LogP contribution in [0.15, 0.2) is 18.3 Å². The summed E-state index contributed by atoms with van der Waals surface area (Å²) in [6.07, 6.45) is 2.19. The fourth-order valence-electron chi connectivity index (χ4n) is 0.730. The molecule has 0 spiro atoms. The van der Waals surface area contributed by atoms with Crippen molar-refractivity contribution in [3.05, 3.63) is 24.1 Å². The molecule has 0 saturated heterocycles. The van der Waals surface area contributed by atoms with Crippen molar-refractivity contribution in [1.82, 2.24) is 4.98 Å². The van der Waals surface area contributed by atoms with Gasteiger partial charge in [0.25, 0.3) is 0 Å². The first-order valence-electron chi connectivity index (χ1n) is 3.78. The molecule has 0 bridgehead atoms. The summed E-state index contributed by atoms with van der Waals surface area (Å²) < 4.78 is 17.8. The van der Waals surface area contributed by atoms with Crippen molar-refractivity contribution < 1.29 is 9.13 Å². The average Bonchev–Trinajstić information content (AvgIpc) is 2.09. The van der Waals surface area contributed by atoms with Crippen molar-refractivity contribution in [2.75, 3.05) is 13.2 Å². The SMILES string of the molecule is NCCCOc1ncccc1F. The number of halogens is 1. The maximum atomic E-state index is 12.8. The van der Waals surface area contributed by atoms with E-state index in [4.69, 9.17) is 10.5 Å². The quantitative estimate of drug-likeness (QED) is 0.684. The Morgan fingerprint density at radius 3 is 3.08 bits per heavy atom. The van der Waals surface area contributed by atoms with Crippen LogP contribution in [-0.4, -0.2) is 18.1 Å². The van der Waals surface area contributed by atoms with Gasteiger partial charge in [-0.25, -0.2) is 9.37 Å². The number of hydrogen-bond donors (Lipinski definition) is 1. The Kier molecular flexibility index (Phi) is 3.47. The lowest BCUT2D eigenvalue weighted by Crippen LogP contribution is -2.07. The number of rotatable bonds is 4. The largest absolute Gasteiger partial charge is 0.476 e. The van der Waals surface area contributed by atoms with Gasteiger partial charge in [-0.15, -0.1) is 0 Å². The molecule has 2 N–H and O–H groups in total. The minimum Gasteiger partial charge on any atom is -0.476 e. The minimum absolute atomic E-state index is 0.0472. The van der Waals surface area contributed by atoms with Gasteiger partial charge < -0.3 is 10.5 Å². The second kappa shape index (κ2) is 4.66. The van der Waals surface area contributed by atoms with Crippen LogP contribution in [0.5, 0.6) is 5.88 Å². The molecule has 0 aliphatic heterocycles. The summed E-state index contributed by atoms with van der Waals surface area (Å²) in [6, 6.07) is 2.83. The van der Waals surface area contributed by atoms with Crippen LogP contribution < -0.4 is 10.5 Å². The first kappa shape index (κ1) is 8.93. The molecule has 1 rings (SSSR count). The molecular weight excluding hydrogens is 159 g/mol. The maximum absolute atomic E-state index is 12.8. The second-order valence-electron chi connectivity index (χ2n) is 2.28. The molecule has 0 aromatic carbocycles. The Morgan fingerprint density at radius 1 is 1.58 bits per heavy atom. The van der Waals surface area contributed by atoms with E-state index in [0.717, 1.165) is 0 Å². The lowest BCUT2D eigenvalue weighted by Gasteiger charge is -2.03. The highest BCUT2D eigenvalue weighted by Crippen LogP contribution is 2.10. The van der Waals surface area contributed by atoms with Crippen LogP contribution >= 0.6 is 0 Å². The van der Waals surface area contributed by atoms with E-state index in [1.807, 2.05) is 0 Å². The summed E-state index contributed by atoms with van der Waals surface area (Å²) in [4.78, 5) is 3.71. The summed E-state index contributed by atoms with van der Waals surface area (Å²) in [7, 11) is 0. The highest BCUT2D eigenvalue weighted by atomic mass is 19.1. The molecule has 1 aromatic heterocycles. The molecule has 0 fully saturated rings. The van der Waals surface area contributed by atoms with E-state index in [1.165, 1.54) is 18.3 Å². The van der Waals surface area contributed by atoms with Gasteiger partial charge in [0.2, 0.25) is 5.88 Å². The monoisotopic (exact) mass is 170 g/mol. The number of aromatic nitrogens is 1. The van der Waals surface area contributed by atoms with E-state index in [0.29, 0.717) is 19.6 Å². The van der Waals surface area contributed by atoms with Crippen molar-refractivity contribution in [3.63, 3.8) is 0 Å². The highest BCUT2D eigenvalue weighted by molar-refractivity contribution is 5.12. The van der Waals surface area contributed by atoms with E-state index in [-0.39, 0.29) is 5.88 Å². The molecule has 0 unspecified atom stereocenters. The molecular formula is C8H11FN2O. The van der Waals surface area contributed by atoms with Crippen LogP contribution in [-0.2, 0) is 0 Å². The Morgan fingerprint density at radius 2 is 2.42 bits per heavy atom. The van der Waals surface area contributed by atoms with E-state index in [2.05, 4.69) is 4.98 Å². The Balaban J connectivity index is 2.46. The molecule has 1 aromatic rings. The van der Waals surface area contributed by atoms with Gasteiger partial charge in [-0.2, -0.15) is 0 Å². The molecule has 66 valence electrons. The Bertz CT molecular complexity index is 242. The van der Waals surface area contributed by atoms with Crippen molar-refractivity contribution in [2.45, 2.75) is 6.42 Å². The second-order valence-corrected chi connectivity index (χ2v) is 2.28. The summed E-state index contributed by atoms with van der Waals surface area (Å²) in [5, 5.41) is 0. The predicted molar refractivity (Wildman–Crippen MR) is 43.4 cm³/mol. The normalized spacial score (nSPS) is 9.83. The van der Waals surface area contributed by atoms with Gasteiger partial charge in [0, 0.05) is 6.20 Å². The third kappa shape index (κ3) is 2.47. The molecule has 0 aliphatic rings. The van der Waals surface area contributed by atoms with Crippen LogP contribution in [0.2, 0.25) is 0 Å². The van der Waals surface area contributed by atoms with Gasteiger partial charge in [0.15, 0.2) is 5.82 Å². The fraction of sp³-hybridized carbons (Fsp3) is 0.375. The average molecular weight is 170 g/mol. The van der Waals surface area contributed by atoms with Crippen molar-refractivity contribution in [1.29, 1.82) is 0 Å². The first-order valence-corrected chi connectivity index (χ1v) is 3.78.